The van der Waals surface area contributed by atoms with Gasteiger partial charge in [0.2, 0.25) is 0 Å². The molecule has 0 amide bonds. The fourth-order valence-corrected chi connectivity index (χ4v) is 2.85. The fraction of sp³-hybridized carbons (Fsp3) is 0. The van der Waals surface area contributed by atoms with Crippen LogP contribution in [0.4, 0.5) is 4.39 Å². The van der Waals surface area contributed by atoms with Crippen molar-refractivity contribution in [2.45, 2.75) is 0 Å². The van der Waals surface area contributed by atoms with E-state index in [1.807, 2.05) is 6.07 Å². The van der Waals surface area contributed by atoms with Gasteiger partial charge in [-0.25, -0.2) is 14.0 Å². The van der Waals surface area contributed by atoms with Gasteiger partial charge in [-0.05, 0) is 35.9 Å². The molecule has 1 heterocycles. The number of hydrogen-bond donors (Lipinski definition) is 0. The summed E-state index contributed by atoms with van der Waals surface area (Å²) in [6.45, 7) is 0. The van der Waals surface area contributed by atoms with E-state index in [1.165, 1.54) is 18.2 Å². The Hall–Kier alpha value is -3.73. The quantitative estimate of drug-likeness (QED) is 0.388. The first-order valence-electron chi connectivity index (χ1n) is 8.22. The average molecular weight is 360 g/mol. The Bertz CT molecular complexity index is 1200. The molecule has 0 saturated carbocycles. The lowest BCUT2D eigenvalue weighted by Gasteiger charge is -2.12. The lowest BCUT2D eigenvalue weighted by molar-refractivity contribution is 0.0737. The van der Waals surface area contributed by atoms with Gasteiger partial charge in [0.1, 0.15) is 17.0 Å². The smallest absolute Gasteiger partial charge is 0.348 e. The summed E-state index contributed by atoms with van der Waals surface area (Å²) in [6, 6.07) is 20.7. The molecular formula is C22H13FO4. The van der Waals surface area contributed by atoms with E-state index in [4.69, 9.17) is 9.15 Å². The van der Waals surface area contributed by atoms with Crippen molar-refractivity contribution >= 4 is 16.9 Å². The summed E-state index contributed by atoms with van der Waals surface area (Å²) < 4.78 is 24.4. The van der Waals surface area contributed by atoms with E-state index in [-0.39, 0.29) is 16.9 Å². The van der Waals surface area contributed by atoms with Gasteiger partial charge in [0.15, 0.2) is 5.75 Å². The van der Waals surface area contributed by atoms with Gasteiger partial charge in [-0.15, -0.1) is 0 Å². The van der Waals surface area contributed by atoms with Gasteiger partial charge in [0.25, 0.3) is 0 Å². The first-order valence-corrected chi connectivity index (χ1v) is 8.22. The zero-order valence-electron chi connectivity index (χ0n) is 14.0. The first-order chi connectivity index (χ1) is 13.1. The Morgan fingerprint density at radius 3 is 2.41 bits per heavy atom. The third-order valence-corrected chi connectivity index (χ3v) is 4.08. The van der Waals surface area contributed by atoms with Crippen molar-refractivity contribution in [3.63, 3.8) is 0 Å². The second-order valence-electron chi connectivity index (χ2n) is 5.86. The van der Waals surface area contributed by atoms with E-state index in [2.05, 4.69) is 0 Å². The predicted octanol–water partition coefficient (Wildman–Crippen LogP) is 4.82. The van der Waals surface area contributed by atoms with Crippen LogP contribution in [0.15, 0.2) is 88.1 Å². The van der Waals surface area contributed by atoms with Crippen LogP contribution < -0.4 is 10.4 Å². The monoisotopic (exact) mass is 360 g/mol. The molecule has 4 rings (SSSR count). The lowest BCUT2D eigenvalue weighted by Crippen LogP contribution is -2.13. The van der Waals surface area contributed by atoms with Crippen molar-refractivity contribution in [3.8, 4) is 16.9 Å². The molecule has 0 saturated heterocycles. The van der Waals surface area contributed by atoms with E-state index in [9.17, 15) is 14.0 Å². The van der Waals surface area contributed by atoms with Crippen molar-refractivity contribution in [1.29, 1.82) is 0 Å². The van der Waals surface area contributed by atoms with Crippen LogP contribution in [0.2, 0.25) is 0 Å². The van der Waals surface area contributed by atoms with Crippen molar-refractivity contribution < 1.29 is 18.3 Å². The molecule has 0 unspecified atom stereocenters. The van der Waals surface area contributed by atoms with Crippen molar-refractivity contribution in [2.75, 3.05) is 0 Å². The highest BCUT2D eigenvalue weighted by molar-refractivity contribution is 5.97. The van der Waals surface area contributed by atoms with Crippen LogP contribution in [0.5, 0.6) is 5.75 Å². The topological polar surface area (TPSA) is 56.5 Å². The minimum atomic E-state index is -0.762. The lowest BCUT2D eigenvalue weighted by atomic mass is 10.0. The minimum absolute atomic E-state index is 0.0475. The van der Waals surface area contributed by atoms with Crippen molar-refractivity contribution in [1.82, 2.24) is 0 Å². The van der Waals surface area contributed by atoms with Crippen LogP contribution in [-0.4, -0.2) is 5.97 Å². The molecule has 0 bridgehead atoms. The van der Waals surface area contributed by atoms with E-state index in [0.29, 0.717) is 16.5 Å². The summed E-state index contributed by atoms with van der Waals surface area (Å²) in [5.74, 6) is -1.23. The molecule has 1 aromatic heterocycles. The van der Waals surface area contributed by atoms with Crippen LogP contribution in [0.25, 0.3) is 22.1 Å². The molecule has 27 heavy (non-hydrogen) atoms. The maximum absolute atomic E-state index is 13.5. The molecule has 4 aromatic rings. The van der Waals surface area contributed by atoms with Gasteiger partial charge >= 0.3 is 11.6 Å². The summed E-state index contributed by atoms with van der Waals surface area (Å²) in [4.78, 5) is 25.2. The number of esters is 1. The van der Waals surface area contributed by atoms with Crippen LogP contribution in [-0.2, 0) is 0 Å². The fourth-order valence-electron chi connectivity index (χ4n) is 2.85. The molecule has 0 fully saturated rings. The van der Waals surface area contributed by atoms with Crippen molar-refractivity contribution in [2.24, 2.45) is 0 Å². The van der Waals surface area contributed by atoms with Crippen LogP contribution in [0.3, 0.4) is 0 Å². The maximum atomic E-state index is 13.5. The molecule has 4 nitrogen and oxygen atoms in total. The Labute approximate surface area is 153 Å². The molecule has 132 valence electrons. The molecular weight excluding hydrogens is 347 g/mol. The Kier molecular flexibility index (Phi) is 4.26. The van der Waals surface area contributed by atoms with Gasteiger partial charge < -0.3 is 9.15 Å². The number of carbonyl (C=O) groups is 1. The molecule has 0 aliphatic carbocycles. The Morgan fingerprint density at radius 1 is 0.889 bits per heavy atom. The van der Waals surface area contributed by atoms with Crippen LogP contribution >= 0.6 is 0 Å². The standard InChI is InChI=1S/C22H13FO4/c23-16-10-6-9-15(13-16)21(24)27-20-17-11-4-5-12-18(17)26-22(25)19(20)14-7-2-1-3-8-14/h1-13H. The summed E-state index contributed by atoms with van der Waals surface area (Å²) in [7, 11) is 0. The number of para-hydroxylation sites is 1. The predicted molar refractivity (Wildman–Crippen MR) is 99.3 cm³/mol. The van der Waals surface area contributed by atoms with Gasteiger partial charge in [-0.3, -0.25) is 0 Å². The van der Waals surface area contributed by atoms with E-state index >= 15 is 0 Å². The number of benzene rings is 3. The maximum Gasteiger partial charge on any atom is 0.348 e. The average Bonchev–Trinajstić information content (AvgIpc) is 2.68. The third-order valence-electron chi connectivity index (χ3n) is 4.08. The number of hydrogen-bond acceptors (Lipinski definition) is 4. The number of halogens is 1. The summed E-state index contributed by atoms with van der Waals surface area (Å²) in [6.07, 6.45) is 0. The van der Waals surface area contributed by atoms with Crippen molar-refractivity contribution in [3.05, 3.63) is 101 Å². The Balaban J connectivity index is 1.92. The second kappa shape index (κ2) is 6.88. The molecule has 0 radical (unpaired) electrons. The summed E-state index contributed by atoms with van der Waals surface area (Å²) in [5.41, 5.74) is 0.413. The molecule has 0 spiro atoms. The van der Waals surface area contributed by atoms with E-state index in [1.54, 1.807) is 48.5 Å². The van der Waals surface area contributed by atoms with E-state index in [0.717, 1.165) is 6.07 Å². The molecule has 0 aliphatic heterocycles. The number of rotatable bonds is 3. The van der Waals surface area contributed by atoms with Gasteiger partial charge in [0.05, 0.1) is 10.9 Å². The number of fused-ring (bicyclic) bond motifs is 1. The first kappa shape index (κ1) is 16.7. The number of carbonyl (C=O) groups excluding carboxylic acids is 1. The van der Waals surface area contributed by atoms with E-state index < -0.39 is 17.4 Å². The molecule has 0 aliphatic rings. The summed E-state index contributed by atoms with van der Waals surface area (Å²) in [5, 5.41) is 0.473. The highest BCUT2D eigenvalue weighted by atomic mass is 19.1. The highest BCUT2D eigenvalue weighted by Crippen LogP contribution is 2.34. The van der Waals surface area contributed by atoms with Gasteiger partial charge in [-0.1, -0.05) is 48.5 Å². The number of ether oxygens (including phenoxy) is 1. The molecule has 5 heteroatoms. The zero-order chi connectivity index (χ0) is 18.8. The second-order valence-corrected chi connectivity index (χ2v) is 5.86. The SMILES string of the molecule is O=C(Oc1c(-c2ccccc2)c(=O)oc2ccccc12)c1cccc(F)c1. The summed E-state index contributed by atoms with van der Waals surface area (Å²) >= 11 is 0. The van der Waals surface area contributed by atoms with Crippen LogP contribution in [0.1, 0.15) is 10.4 Å². The molecule has 3 aromatic carbocycles. The third kappa shape index (κ3) is 3.22. The molecule has 0 N–H and O–H groups in total. The zero-order valence-corrected chi connectivity index (χ0v) is 14.0. The highest BCUT2D eigenvalue weighted by Gasteiger charge is 2.21. The normalized spacial score (nSPS) is 10.7. The van der Waals surface area contributed by atoms with Gasteiger partial charge in [-0.2, -0.15) is 0 Å². The minimum Gasteiger partial charge on any atom is -0.422 e. The largest absolute Gasteiger partial charge is 0.422 e. The van der Waals surface area contributed by atoms with Gasteiger partial charge in [0, 0.05) is 0 Å². The van der Waals surface area contributed by atoms with Crippen LogP contribution in [0, 0.1) is 5.82 Å². The Morgan fingerprint density at radius 2 is 1.63 bits per heavy atom. The molecule has 0 atom stereocenters.